The van der Waals surface area contributed by atoms with Gasteiger partial charge in [0.05, 0.1) is 18.3 Å². The summed E-state index contributed by atoms with van der Waals surface area (Å²) in [5.74, 6) is -3.33. The summed E-state index contributed by atoms with van der Waals surface area (Å²) < 4.78 is 28.2. The van der Waals surface area contributed by atoms with Crippen LogP contribution in [0.15, 0.2) is 5.16 Å². The molecule has 2 heterocycles. The van der Waals surface area contributed by atoms with Crippen molar-refractivity contribution in [1.29, 1.82) is 0 Å². The molecule has 2 aliphatic rings. The highest BCUT2D eigenvalue weighted by Gasteiger charge is 2.49. The molecule has 114 valence electrons. The highest BCUT2D eigenvalue weighted by atomic mass is 35.5. The Labute approximate surface area is 130 Å². The average molecular weight is 334 g/mol. The molecular formula is C13H14ClF2N3OS. The van der Waals surface area contributed by atoms with Crippen LogP contribution in [0.25, 0.3) is 0 Å². The van der Waals surface area contributed by atoms with Crippen LogP contribution in [-0.2, 0) is 6.54 Å². The Kier molecular flexibility index (Phi) is 3.81. The van der Waals surface area contributed by atoms with Gasteiger partial charge in [0.1, 0.15) is 10.7 Å². The van der Waals surface area contributed by atoms with Crippen molar-refractivity contribution in [2.24, 2.45) is 0 Å². The minimum atomic E-state index is -2.85. The molecule has 1 aromatic heterocycles. The Bertz CT molecular complexity index is 599. The van der Waals surface area contributed by atoms with E-state index in [1.165, 1.54) is 16.7 Å². The van der Waals surface area contributed by atoms with E-state index in [0.717, 1.165) is 0 Å². The van der Waals surface area contributed by atoms with E-state index < -0.39 is 17.9 Å². The number of carbonyl (C=O) groups is 1. The van der Waals surface area contributed by atoms with Crippen LogP contribution >= 0.6 is 23.4 Å². The second-order valence-corrected chi connectivity index (χ2v) is 6.41. The lowest BCUT2D eigenvalue weighted by Gasteiger charge is -2.37. The van der Waals surface area contributed by atoms with E-state index in [2.05, 4.69) is 9.97 Å². The quantitative estimate of drug-likeness (QED) is 0.473. The maximum Gasteiger partial charge on any atom is 0.268 e. The Morgan fingerprint density at radius 3 is 2.81 bits per heavy atom. The van der Waals surface area contributed by atoms with Crippen molar-refractivity contribution in [3.05, 3.63) is 16.4 Å². The van der Waals surface area contributed by atoms with E-state index in [-0.39, 0.29) is 23.7 Å². The van der Waals surface area contributed by atoms with Crippen molar-refractivity contribution in [1.82, 2.24) is 14.9 Å². The average Bonchev–Trinajstić information content (AvgIpc) is 2.75. The van der Waals surface area contributed by atoms with Crippen LogP contribution < -0.4 is 0 Å². The number of hydrogen-bond donors (Lipinski definition) is 0. The predicted octanol–water partition coefficient (Wildman–Crippen LogP) is 3.39. The Morgan fingerprint density at radius 2 is 2.14 bits per heavy atom. The molecule has 8 heteroatoms. The number of hydrogen-bond acceptors (Lipinski definition) is 4. The van der Waals surface area contributed by atoms with Crippen LogP contribution in [0.5, 0.6) is 0 Å². The van der Waals surface area contributed by atoms with E-state index in [9.17, 15) is 13.6 Å². The second-order valence-electron chi connectivity index (χ2n) is 5.28. The van der Waals surface area contributed by atoms with Gasteiger partial charge >= 0.3 is 0 Å². The third-order valence-corrected chi connectivity index (χ3v) is 4.82. The molecule has 1 amide bonds. The van der Waals surface area contributed by atoms with Gasteiger partial charge in [-0.15, -0.1) is 0 Å². The summed E-state index contributed by atoms with van der Waals surface area (Å²) in [5.41, 5.74) is 0.626. The number of aromatic nitrogens is 2. The molecule has 0 N–H and O–H groups in total. The first-order valence-electron chi connectivity index (χ1n) is 6.73. The Morgan fingerprint density at radius 1 is 1.38 bits per heavy atom. The molecule has 0 spiro atoms. The van der Waals surface area contributed by atoms with Crippen molar-refractivity contribution in [2.75, 3.05) is 6.26 Å². The molecule has 1 aromatic rings. The van der Waals surface area contributed by atoms with Crippen LogP contribution in [0.4, 0.5) is 8.78 Å². The fourth-order valence-electron chi connectivity index (χ4n) is 2.96. The number of carbonyl (C=O) groups excluding carboxylic acids is 1. The Hall–Kier alpha value is -0.950. The maximum absolute atomic E-state index is 14.1. The largest absolute Gasteiger partial charge is 0.324 e. The van der Waals surface area contributed by atoms with Gasteiger partial charge in [0.2, 0.25) is 0 Å². The van der Waals surface area contributed by atoms with Gasteiger partial charge in [-0.05, 0) is 19.1 Å². The van der Waals surface area contributed by atoms with Gasteiger partial charge in [-0.1, -0.05) is 29.8 Å². The van der Waals surface area contributed by atoms with Gasteiger partial charge in [-0.2, -0.15) is 0 Å². The number of halogens is 3. The lowest BCUT2D eigenvalue weighted by molar-refractivity contribution is -0.0969. The lowest BCUT2D eigenvalue weighted by atomic mass is 9.90. The normalized spacial score (nSPS) is 24.3. The zero-order chi connectivity index (χ0) is 15.2. The molecule has 1 aliphatic carbocycles. The monoisotopic (exact) mass is 333 g/mol. The van der Waals surface area contributed by atoms with Crippen molar-refractivity contribution >= 4 is 29.3 Å². The third kappa shape index (κ3) is 2.50. The fraction of sp³-hybridized carbons (Fsp3) is 0.615. The summed E-state index contributed by atoms with van der Waals surface area (Å²) in [4.78, 5) is 21.9. The SMILES string of the molecule is CSc1nc(Cl)c2c(n1)CN(C1CCCCC1(F)F)C2=O. The first-order chi connectivity index (χ1) is 9.94. The zero-order valence-electron chi connectivity index (χ0n) is 11.4. The van der Waals surface area contributed by atoms with Crippen molar-refractivity contribution < 1.29 is 13.6 Å². The first kappa shape index (κ1) is 15.0. The highest BCUT2D eigenvalue weighted by molar-refractivity contribution is 7.98. The highest BCUT2D eigenvalue weighted by Crippen LogP contribution is 2.40. The van der Waals surface area contributed by atoms with E-state index in [0.29, 0.717) is 30.1 Å². The molecule has 1 fully saturated rings. The van der Waals surface area contributed by atoms with Crippen LogP contribution in [0, 0.1) is 0 Å². The lowest BCUT2D eigenvalue weighted by Crippen LogP contribution is -2.49. The van der Waals surface area contributed by atoms with Crippen molar-refractivity contribution in [3.8, 4) is 0 Å². The van der Waals surface area contributed by atoms with Gasteiger partial charge < -0.3 is 4.90 Å². The van der Waals surface area contributed by atoms with Crippen LogP contribution in [-0.4, -0.2) is 39.0 Å². The topological polar surface area (TPSA) is 46.1 Å². The summed E-state index contributed by atoms with van der Waals surface area (Å²) >= 11 is 7.33. The molecule has 0 radical (unpaired) electrons. The minimum Gasteiger partial charge on any atom is -0.324 e. The second kappa shape index (κ2) is 5.35. The number of nitrogens with zero attached hydrogens (tertiary/aromatic N) is 3. The number of thioether (sulfide) groups is 1. The third-order valence-electron chi connectivity index (χ3n) is 4.00. The molecular weight excluding hydrogens is 320 g/mol. The molecule has 1 atom stereocenters. The van der Waals surface area contributed by atoms with Gasteiger partial charge in [-0.3, -0.25) is 4.79 Å². The van der Waals surface area contributed by atoms with Crippen LogP contribution in [0.1, 0.15) is 41.7 Å². The molecule has 0 saturated heterocycles. The fourth-order valence-corrected chi connectivity index (χ4v) is 3.67. The molecule has 1 unspecified atom stereocenters. The van der Waals surface area contributed by atoms with Crippen LogP contribution in [0.2, 0.25) is 5.15 Å². The van der Waals surface area contributed by atoms with E-state index in [1.807, 2.05) is 0 Å². The van der Waals surface area contributed by atoms with Crippen molar-refractivity contribution in [2.45, 2.75) is 49.3 Å². The van der Waals surface area contributed by atoms with Crippen LogP contribution in [0.3, 0.4) is 0 Å². The predicted molar refractivity (Wildman–Crippen MR) is 75.9 cm³/mol. The summed E-state index contributed by atoms with van der Waals surface area (Å²) in [6.45, 7) is 0.0875. The zero-order valence-corrected chi connectivity index (χ0v) is 13.0. The first-order valence-corrected chi connectivity index (χ1v) is 8.33. The number of amides is 1. The van der Waals surface area contributed by atoms with E-state index in [1.54, 1.807) is 6.26 Å². The molecule has 0 aromatic carbocycles. The minimum absolute atomic E-state index is 0.0518. The summed E-state index contributed by atoms with van der Waals surface area (Å²) in [5, 5.41) is 0.500. The Balaban J connectivity index is 1.95. The molecule has 0 bridgehead atoms. The van der Waals surface area contributed by atoms with Gasteiger partial charge in [0.25, 0.3) is 11.8 Å². The number of rotatable bonds is 2. The van der Waals surface area contributed by atoms with Gasteiger partial charge in [0, 0.05) is 6.42 Å². The van der Waals surface area contributed by atoms with Gasteiger partial charge in [-0.25, -0.2) is 18.7 Å². The number of fused-ring (bicyclic) bond motifs is 1. The van der Waals surface area contributed by atoms with Crippen molar-refractivity contribution in [3.63, 3.8) is 0 Å². The van der Waals surface area contributed by atoms with E-state index in [4.69, 9.17) is 11.6 Å². The standard InChI is InChI=1S/C13H14ClF2N3OS/c1-21-12-17-7-6-19(11(20)9(7)10(14)18-12)8-4-2-3-5-13(8,15)16/h8H,2-6H2,1H3. The van der Waals surface area contributed by atoms with Gasteiger partial charge in [0.15, 0.2) is 5.16 Å². The summed E-state index contributed by atoms with van der Waals surface area (Å²) in [6, 6.07) is -1.07. The summed E-state index contributed by atoms with van der Waals surface area (Å²) in [7, 11) is 0. The molecule has 1 aliphatic heterocycles. The smallest absolute Gasteiger partial charge is 0.268 e. The maximum atomic E-state index is 14.1. The molecule has 3 rings (SSSR count). The molecule has 21 heavy (non-hydrogen) atoms. The number of alkyl halides is 2. The molecule has 1 saturated carbocycles. The molecule has 4 nitrogen and oxygen atoms in total. The van der Waals surface area contributed by atoms with E-state index >= 15 is 0 Å². The summed E-state index contributed by atoms with van der Waals surface area (Å²) in [6.07, 6.45) is 3.13.